The second-order valence-electron chi connectivity index (χ2n) is 8.66. The first kappa shape index (κ1) is 26.7. The number of aromatic nitrogens is 2. The van der Waals surface area contributed by atoms with E-state index >= 15 is 0 Å². The van der Waals surface area contributed by atoms with Gasteiger partial charge in [-0.05, 0) is 43.5 Å². The van der Waals surface area contributed by atoms with E-state index in [1.54, 1.807) is 24.3 Å². The minimum Gasteiger partial charge on any atom is -0.494 e. The monoisotopic (exact) mass is 520 g/mol. The van der Waals surface area contributed by atoms with E-state index < -0.39 is 11.9 Å². The largest absolute Gasteiger partial charge is 0.494 e. The van der Waals surface area contributed by atoms with Gasteiger partial charge in [-0.25, -0.2) is 9.97 Å². The number of carbonyl (C=O) groups is 2. The Morgan fingerprint density at radius 2 is 1.58 bits per heavy atom. The number of methoxy groups -OCH3 is 1. The SMILES string of the molecule is COCC1NC(=O)COc2cccc(c2)Nc2cc(ncn2)Nc2cccc(c2)OCCCCCNC1=O. The molecule has 2 amide bonds. The summed E-state index contributed by atoms with van der Waals surface area (Å²) in [6, 6.07) is 15.8. The highest BCUT2D eigenvalue weighted by Crippen LogP contribution is 2.24. The Balaban J connectivity index is 1.49. The summed E-state index contributed by atoms with van der Waals surface area (Å²) in [5.41, 5.74) is 1.55. The molecule has 6 bridgehead atoms. The lowest BCUT2D eigenvalue weighted by atomic mass is 10.2. The Morgan fingerprint density at radius 3 is 2.26 bits per heavy atom. The van der Waals surface area contributed by atoms with Crippen molar-refractivity contribution in [3.8, 4) is 11.5 Å². The summed E-state index contributed by atoms with van der Waals surface area (Å²) < 4.78 is 16.7. The molecule has 200 valence electrons. The van der Waals surface area contributed by atoms with Gasteiger partial charge < -0.3 is 35.5 Å². The zero-order chi connectivity index (χ0) is 26.6. The molecule has 4 rings (SSSR count). The molecule has 0 fully saturated rings. The summed E-state index contributed by atoms with van der Waals surface area (Å²) in [5, 5.41) is 12.0. The first-order valence-corrected chi connectivity index (χ1v) is 12.5. The number of ether oxygens (including phenoxy) is 3. The van der Waals surface area contributed by atoms with Gasteiger partial charge in [-0.2, -0.15) is 0 Å². The Hall–Kier alpha value is -4.38. The number of hydrogen-bond acceptors (Lipinski definition) is 9. The normalized spacial score (nSPS) is 17.2. The van der Waals surface area contributed by atoms with Gasteiger partial charge in [-0.3, -0.25) is 9.59 Å². The van der Waals surface area contributed by atoms with E-state index in [4.69, 9.17) is 14.2 Å². The quantitative estimate of drug-likeness (QED) is 0.402. The molecule has 1 atom stereocenters. The first-order valence-electron chi connectivity index (χ1n) is 12.5. The number of hydrogen-bond donors (Lipinski definition) is 4. The highest BCUT2D eigenvalue weighted by atomic mass is 16.5. The van der Waals surface area contributed by atoms with Gasteiger partial charge >= 0.3 is 0 Å². The number of nitrogens with zero attached hydrogens (tertiary/aromatic N) is 2. The molecule has 1 aliphatic rings. The summed E-state index contributed by atoms with van der Waals surface area (Å²) in [6.07, 6.45) is 3.97. The van der Waals surface area contributed by atoms with Crippen LogP contribution in [0.25, 0.3) is 0 Å². The van der Waals surface area contributed by atoms with Crippen molar-refractivity contribution in [2.75, 3.05) is 44.1 Å². The maximum absolute atomic E-state index is 12.6. The van der Waals surface area contributed by atoms with Gasteiger partial charge in [0.25, 0.3) is 5.91 Å². The van der Waals surface area contributed by atoms with Crippen molar-refractivity contribution in [2.45, 2.75) is 25.3 Å². The van der Waals surface area contributed by atoms with Crippen molar-refractivity contribution < 1.29 is 23.8 Å². The van der Waals surface area contributed by atoms with Crippen molar-refractivity contribution in [2.24, 2.45) is 0 Å². The number of carbonyl (C=O) groups excluding carboxylic acids is 2. The van der Waals surface area contributed by atoms with Crippen LogP contribution in [0.2, 0.25) is 0 Å². The summed E-state index contributed by atoms with van der Waals surface area (Å²) in [4.78, 5) is 33.6. The van der Waals surface area contributed by atoms with Crippen molar-refractivity contribution in [1.82, 2.24) is 20.6 Å². The standard InChI is InChI=1S/C27H32N6O5/c1-36-16-23-27(35)28-11-3-2-4-12-37-21-9-5-7-19(13-21)31-24-15-25(30-18-29-24)32-20-8-6-10-22(14-20)38-17-26(34)33-23/h5-10,13-15,18,23H,2-4,11-12,16-17H2,1H3,(H,28,35)(H,33,34)(H2,29,30,31,32). The summed E-state index contributed by atoms with van der Waals surface area (Å²) >= 11 is 0. The second-order valence-corrected chi connectivity index (χ2v) is 8.66. The average Bonchev–Trinajstić information content (AvgIpc) is 2.91. The van der Waals surface area contributed by atoms with Crippen molar-refractivity contribution in [1.29, 1.82) is 0 Å². The van der Waals surface area contributed by atoms with E-state index in [2.05, 4.69) is 31.2 Å². The van der Waals surface area contributed by atoms with Gasteiger partial charge in [0, 0.05) is 43.2 Å². The van der Waals surface area contributed by atoms with Crippen molar-refractivity contribution in [3.05, 3.63) is 60.9 Å². The lowest BCUT2D eigenvalue weighted by Crippen LogP contribution is -2.50. The highest BCUT2D eigenvalue weighted by Gasteiger charge is 2.20. The summed E-state index contributed by atoms with van der Waals surface area (Å²) in [7, 11) is 1.48. The van der Waals surface area contributed by atoms with E-state index in [1.165, 1.54) is 13.4 Å². The molecule has 1 aromatic heterocycles. The molecule has 11 nitrogen and oxygen atoms in total. The molecule has 0 radical (unpaired) electrons. The van der Waals surface area contributed by atoms with Crippen LogP contribution in [0.1, 0.15) is 19.3 Å². The summed E-state index contributed by atoms with van der Waals surface area (Å²) in [6.45, 7) is 0.850. The Labute approximate surface area is 221 Å². The minimum atomic E-state index is -0.814. The number of fused-ring (bicyclic) bond motifs is 6. The molecule has 1 unspecified atom stereocenters. The van der Waals surface area contributed by atoms with Gasteiger partial charge in [-0.15, -0.1) is 0 Å². The maximum Gasteiger partial charge on any atom is 0.258 e. The number of rotatable bonds is 2. The number of benzene rings is 2. The van der Waals surface area contributed by atoms with Gasteiger partial charge in [0.1, 0.15) is 35.5 Å². The van der Waals surface area contributed by atoms with Gasteiger partial charge in [0.2, 0.25) is 5.91 Å². The van der Waals surface area contributed by atoms with Crippen LogP contribution in [-0.2, 0) is 14.3 Å². The fourth-order valence-corrected chi connectivity index (χ4v) is 3.78. The van der Waals surface area contributed by atoms with Crippen LogP contribution in [0, 0.1) is 0 Å². The highest BCUT2D eigenvalue weighted by molar-refractivity contribution is 5.88. The van der Waals surface area contributed by atoms with Crippen LogP contribution >= 0.6 is 0 Å². The van der Waals surface area contributed by atoms with Gasteiger partial charge in [-0.1, -0.05) is 12.1 Å². The molecule has 1 aliphatic heterocycles. The predicted octanol–water partition coefficient (Wildman–Crippen LogP) is 3.15. The number of nitrogens with one attached hydrogen (secondary N) is 4. The molecule has 0 saturated heterocycles. The second kappa shape index (κ2) is 13.8. The molecule has 2 aromatic carbocycles. The Bertz CT molecular complexity index is 1220. The van der Waals surface area contributed by atoms with E-state index in [9.17, 15) is 9.59 Å². The maximum atomic E-state index is 12.6. The lowest BCUT2D eigenvalue weighted by molar-refractivity contribution is -0.131. The molecule has 38 heavy (non-hydrogen) atoms. The van der Waals surface area contributed by atoms with Crippen LogP contribution in [0.3, 0.4) is 0 Å². The van der Waals surface area contributed by atoms with Crippen LogP contribution in [0.4, 0.5) is 23.0 Å². The zero-order valence-corrected chi connectivity index (χ0v) is 21.2. The number of amides is 2. The molecule has 4 N–H and O–H groups in total. The molecule has 2 heterocycles. The predicted molar refractivity (Wildman–Crippen MR) is 143 cm³/mol. The fraction of sp³-hybridized carbons (Fsp3) is 0.333. The Kier molecular flexibility index (Phi) is 9.69. The molecular formula is C27H32N6O5. The molecule has 0 aliphatic carbocycles. The van der Waals surface area contributed by atoms with E-state index in [0.29, 0.717) is 36.2 Å². The lowest BCUT2D eigenvalue weighted by Gasteiger charge is -2.18. The molecule has 3 aromatic rings. The molecule has 0 spiro atoms. The smallest absolute Gasteiger partial charge is 0.258 e. The third-order valence-electron chi connectivity index (χ3n) is 5.62. The third kappa shape index (κ3) is 8.34. The summed E-state index contributed by atoms with van der Waals surface area (Å²) in [5.74, 6) is 1.70. The van der Waals surface area contributed by atoms with Crippen LogP contribution in [0.15, 0.2) is 60.9 Å². The van der Waals surface area contributed by atoms with Crippen LogP contribution in [0.5, 0.6) is 11.5 Å². The average molecular weight is 521 g/mol. The number of anilines is 4. The van der Waals surface area contributed by atoms with Crippen molar-refractivity contribution in [3.63, 3.8) is 0 Å². The van der Waals surface area contributed by atoms with E-state index in [-0.39, 0.29) is 19.1 Å². The molecular weight excluding hydrogens is 488 g/mol. The van der Waals surface area contributed by atoms with Crippen LogP contribution < -0.4 is 30.7 Å². The van der Waals surface area contributed by atoms with Gasteiger partial charge in [0.15, 0.2) is 6.61 Å². The fourth-order valence-electron chi connectivity index (χ4n) is 3.78. The molecule has 11 heteroatoms. The topological polar surface area (TPSA) is 136 Å². The zero-order valence-electron chi connectivity index (χ0n) is 21.2. The Morgan fingerprint density at radius 1 is 0.895 bits per heavy atom. The van der Waals surface area contributed by atoms with Crippen molar-refractivity contribution >= 4 is 34.8 Å². The molecule has 0 saturated carbocycles. The van der Waals surface area contributed by atoms with Crippen LogP contribution in [-0.4, -0.2) is 61.3 Å². The minimum absolute atomic E-state index is 0.0552. The van der Waals surface area contributed by atoms with E-state index in [0.717, 1.165) is 30.7 Å². The van der Waals surface area contributed by atoms with Gasteiger partial charge in [0.05, 0.1) is 13.2 Å². The first-order chi connectivity index (χ1) is 18.6. The van der Waals surface area contributed by atoms with E-state index in [1.807, 2.05) is 30.3 Å². The third-order valence-corrected chi connectivity index (χ3v) is 5.62.